The second kappa shape index (κ2) is 11.1. The van der Waals surface area contributed by atoms with Crippen molar-refractivity contribution >= 4 is 29.1 Å². The molecule has 3 fully saturated rings. The average Bonchev–Trinajstić information content (AvgIpc) is 2.91. The molecule has 3 aliphatic rings. The summed E-state index contributed by atoms with van der Waals surface area (Å²) in [6.45, 7) is 10.2. The zero-order valence-electron chi connectivity index (χ0n) is 22.4. The van der Waals surface area contributed by atoms with Gasteiger partial charge in [0.05, 0.1) is 18.9 Å². The fourth-order valence-electron chi connectivity index (χ4n) is 5.53. The van der Waals surface area contributed by atoms with E-state index in [0.29, 0.717) is 19.6 Å². The van der Waals surface area contributed by atoms with Crippen LogP contribution in [-0.4, -0.2) is 84.0 Å². The summed E-state index contributed by atoms with van der Waals surface area (Å²) in [5.74, 6) is 1.29. The molecule has 0 saturated carbocycles. The van der Waals surface area contributed by atoms with Crippen LogP contribution in [0.1, 0.15) is 39.5 Å². The van der Waals surface area contributed by atoms with Gasteiger partial charge in [0.1, 0.15) is 5.82 Å². The van der Waals surface area contributed by atoms with E-state index in [1.807, 2.05) is 18.7 Å². The van der Waals surface area contributed by atoms with Crippen molar-refractivity contribution in [2.45, 2.75) is 39.5 Å². The van der Waals surface area contributed by atoms with Crippen molar-refractivity contribution in [1.82, 2.24) is 19.9 Å². The summed E-state index contributed by atoms with van der Waals surface area (Å²) < 4.78 is 5.54. The number of anilines is 3. The number of allylic oxidation sites excluding steroid dienone is 2. The summed E-state index contributed by atoms with van der Waals surface area (Å²) in [6.07, 6.45) is 7.70. The molecule has 10 nitrogen and oxygen atoms in total. The third-order valence-corrected chi connectivity index (χ3v) is 7.73. The van der Waals surface area contributed by atoms with Crippen LogP contribution in [-0.2, 0) is 14.3 Å². The summed E-state index contributed by atoms with van der Waals surface area (Å²) in [5.41, 5.74) is 9.65. The van der Waals surface area contributed by atoms with Gasteiger partial charge in [-0.15, -0.1) is 0 Å². The molecule has 3 aliphatic heterocycles. The van der Waals surface area contributed by atoms with Crippen molar-refractivity contribution in [3.8, 4) is 11.3 Å². The zero-order valence-corrected chi connectivity index (χ0v) is 22.4. The highest BCUT2D eigenvalue weighted by Crippen LogP contribution is 2.42. The van der Waals surface area contributed by atoms with Crippen molar-refractivity contribution in [1.29, 1.82) is 0 Å². The maximum absolute atomic E-state index is 12.6. The number of nitrogens with two attached hydrogens (primary N) is 1. The van der Waals surface area contributed by atoms with Gasteiger partial charge in [0, 0.05) is 87.2 Å². The number of morpholine rings is 1. The fourth-order valence-corrected chi connectivity index (χ4v) is 5.53. The number of piperidine rings is 1. The number of carbonyl (C=O) groups is 2. The number of pyridine rings is 1. The fraction of sp³-hybridized carbons (Fsp3) is 0.536. The van der Waals surface area contributed by atoms with E-state index in [1.54, 1.807) is 18.5 Å². The van der Waals surface area contributed by atoms with Gasteiger partial charge in [0.15, 0.2) is 5.78 Å². The Labute approximate surface area is 223 Å². The van der Waals surface area contributed by atoms with Crippen LogP contribution in [0.5, 0.6) is 0 Å². The number of amides is 1. The Bertz CT molecular complexity index is 1190. The SMILES string of the molecule is CC(C)=CC(=O)CCC(=O)N1CC2(CCN(c3cc(-c4cnc(N)nc4)nc(N4CCOCC4)c3)CC2)C1. The molecule has 0 bridgehead atoms. The van der Waals surface area contributed by atoms with E-state index in [-0.39, 0.29) is 29.5 Å². The minimum atomic E-state index is 0.0283. The average molecular weight is 520 g/mol. The first-order valence-electron chi connectivity index (χ1n) is 13.4. The number of nitrogens with zero attached hydrogens (tertiary/aromatic N) is 6. The molecule has 0 unspecified atom stereocenters. The predicted molar refractivity (Wildman–Crippen MR) is 147 cm³/mol. The van der Waals surface area contributed by atoms with Gasteiger partial charge in [-0.1, -0.05) is 5.57 Å². The van der Waals surface area contributed by atoms with Crippen molar-refractivity contribution in [3.63, 3.8) is 0 Å². The molecule has 0 aromatic carbocycles. The number of carbonyl (C=O) groups excluding carboxylic acids is 2. The molecule has 38 heavy (non-hydrogen) atoms. The monoisotopic (exact) mass is 519 g/mol. The molecule has 5 heterocycles. The lowest BCUT2D eigenvalue weighted by atomic mass is 9.71. The Morgan fingerprint density at radius 3 is 2.34 bits per heavy atom. The first-order valence-corrected chi connectivity index (χ1v) is 13.4. The molecule has 3 saturated heterocycles. The van der Waals surface area contributed by atoms with Crippen LogP contribution < -0.4 is 15.5 Å². The first kappa shape index (κ1) is 26.1. The third kappa shape index (κ3) is 5.96. The molecule has 0 atom stereocenters. The molecular formula is C28H37N7O3. The molecular weight excluding hydrogens is 482 g/mol. The maximum Gasteiger partial charge on any atom is 0.223 e. The minimum Gasteiger partial charge on any atom is -0.378 e. The molecule has 1 amide bonds. The summed E-state index contributed by atoms with van der Waals surface area (Å²) in [4.78, 5) is 44.4. The summed E-state index contributed by atoms with van der Waals surface area (Å²) in [6, 6.07) is 4.28. The summed E-state index contributed by atoms with van der Waals surface area (Å²) >= 11 is 0. The molecule has 1 spiro atoms. The number of ketones is 1. The van der Waals surface area contributed by atoms with Crippen LogP contribution in [0.15, 0.2) is 36.2 Å². The van der Waals surface area contributed by atoms with Gasteiger partial charge in [0.25, 0.3) is 0 Å². The lowest BCUT2D eigenvalue weighted by Crippen LogP contribution is -2.62. The van der Waals surface area contributed by atoms with Crippen molar-refractivity contribution in [2.75, 3.05) is 68.0 Å². The Morgan fingerprint density at radius 1 is 1.00 bits per heavy atom. The molecule has 5 rings (SSSR count). The van der Waals surface area contributed by atoms with E-state index in [4.69, 9.17) is 15.5 Å². The molecule has 0 radical (unpaired) electrons. The van der Waals surface area contributed by atoms with E-state index in [0.717, 1.165) is 80.4 Å². The largest absolute Gasteiger partial charge is 0.378 e. The van der Waals surface area contributed by atoms with Crippen LogP contribution in [0.4, 0.5) is 17.5 Å². The summed E-state index contributed by atoms with van der Waals surface area (Å²) in [7, 11) is 0. The first-order chi connectivity index (χ1) is 18.3. The minimum absolute atomic E-state index is 0.0283. The second-order valence-corrected chi connectivity index (χ2v) is 10.9. The highest BCUT2D eigenvalue weighted by atomic mass is 16.5. The second-order valence-electron chi connectivity index (χ2n) is 10.9. The van der Waals surface area contributed by atoms with Crippen LogP contribution in [0.25, 0.3) is 11.3 Å². The molecule has 10 heteroatoms. The number of likely N-dealkylation sites (tertiary alicyclic amines) is 1. The molecule has 2 aromatic rings. The number of hydrogen-bond acceptors (Lipinski definition) is 9. The molecule has 2 N–H and O–H groups in total. The number of ether oxygens (including phenoxy) is 1. The quantitative estimate of drug-likeness (QED) is 0.551. The van der Waals surface area contributed by atoms with E-state index < -0.39 is 0 Å². The van der Waals surface area contributed by atoms with Gasteiger partial charge >= 0.3 is 0 Å². The van der Waals surface area contributed by atoms with Gasteiger partial charge in [-0.25, -0.2) is 15.0 Å². The van der Waals surface area contributed by atoms with Gasteiger partial charge in [0.2, 0.25) is 11.9 Å². The highest BCUT2D eigenvalue weighted by molar-refractivity contribution is 5.93. The maximum atomic E-state index is 12.6. The van der Waals surface area contributed by atoms with Crippen LogP contribution in [0, 0.1) is 5.41 Å². The Balaban J connectivity index is 1.23. The predicted octanol–water partition coefficient (Wildman–Crippen LogP) is 2.70. The lowest BCUT2D eigenvalue weighted by Gasteiger charge is -2.54. The van der Waals surface area contributed by atoms with Gasteiger partial charge in [-0.05, 0) is 38.8 Å². The molecule has 2 aromatic heterocycles. The van der Waals surface area contributed by atoms with Gasteiger partial charge in [-0.3, -0.25) is 9.59 Å². The van der Waals surface area contributed by atoms with Crippen LogP contribution in [0.3, 0.4) is 0 Å². The lowest BCUT2D eigenvalue weighted by molar-refractivity contribution is -0.145. The number of rotatable bonds is 7. The van der Waals surface area contributed by atoms with E-state index in [1.165, 1.54) is 0 Å². The van der Waals surface area contributed by atoms with E-state index >= 15 is 0 Å². The molecule has 0 aliphatic carbocycles. The number of aromatic nitrogens is 3. The Kier molecular flexibility index (Phi) is 7.60. The Hall–Kier alpha value is -3.53. The van der Waals surface area contributed by atoms with Crippen molar-refractivity contribution < 1.29 is 14.3 Å². The van der Waals surface area contributed by atoms with Crippen molar-refractivity contribution in [3.05, 3.63) is 36.2 Å². The van der Waals surface area contributed by atoms with Gasteiger partial charge < -0.3 is 25.2 Å². The number of hydrogen-bond donors (Lipinski definition) is 1. The van der Waals surface area contributed by atoms with Gasteiger partial charge in [-0.2, -0.15) is 0 Å². The van der Waals surface area contributed by atoms with E-state index in [2.05, 4.69) is 31.9 Å². The highest BCUT2D eigenvalue weighted by Gasteiger charge is 2.46. The summed E-state index contributed by atoms with van der Waals surface area (Å²) in [5, 5.41) is 0. The topological polar surface area (TPSA) is 118 Å². The third-order valence-electron chi connectivity index (χ3n) is 7.73. The zero-order chi connectivity index (χ0) is 26.7. The standard InChI is InChI=1S/C28H37N7O3/c1-20(2)13-23(36)3-4-26(37)35-18-28(19-35)5-7-33(8-6-28)22-14-24(21-16-30-27(29)31-17-21)32-25(15-22)34-9-11-38-12-10-34/h13-17H,3-12,18-19H2,1-2H3,(H2,29,30,31). The van der Waals surface area contributed by atoms with Crippen LogP contribution >= 0.6 is 0 Å². The van der Waals surface area contributed by atoms with Crippen molar-refractivity contribution in [2.24, 2.45) is 5.41 Å². The normalized spacial score (nSPS) is 18.7. The Morgan fingerprint density at radius 2 is 1.68 bits per heavy atom. The van der Waals surface area contributed by atoms with E-state index in [9.17, 15) is 9.59 Å². The van der Waals surface area contributed by atoms with Crippen LogP contribution in [0.2, 0.25) is 0 Å². The smallest absolute Gasteiger partial charge is 0.223 e. The number of nitrogen functional groups attached to an aromatic ring is 1. The molecule has 202 valence electrons.